The van der Waals surface area contributed by atoms with E-state index in [9.17, 15) is 9.59 Å². The number of esters is 1. The third-order valence-electron chi connectivity index (χ3n) is 2.87. The van der Waals surface area contributed by atoms with Gasteiger partial charge in [0.05, 0.1) is 17.2 Å². The van der Waals surface area contributed by atoms with Crippen LogP contribution < -0.4 is 10.1 Å². The van der Waals surface area contributed by atoms with Crippen LogP contribution in [0.1, 0.15) is 21.1 Å². The summed E-state index contributed by atoms with van der Waals surface area (Å²) in [5.41, 5.74) is 1.03. The Morgan fingerprint density at radius 2 is 2.17 bits per heavy atom. The molecule has 124 valence electrons. The molecule has 7 heteroatoms. The Balaban J connectivity index is 1.95. The molecule has 0 saturated carbocycles. The number of nitrogens with one attached hydrogen (secondary N) is 1. The summed E-state index contributed by atoms with van der Waals surface area (Å²) in [5.74, 6) is 1.53. The lowest BCUT2D eigenvalue weighted by molar-refractivity contribution is -0.123. The first-order chi connectivity index (χ1) is 11.6. The number of amides is 1. The van der Waals surface area contributed by atoms with Gasteiger partial charge in [-0.1, -0.05) is 18.1 Å². The molecule has 6 nitrogen and oxygen atoms in total. The van der Waals surface area contributed by atoms with Crippen molar-refractivity contribution in [1.29, 1.82) is 0 Å². The van der Waals surface area contributed by atoms with Gasteiger partial charge in [0.1, 0.15) is 17.9 Å². The molecule has 0 bridgehead atoms. The molecule has 1 aromatic carbocycles. The van der Waals surface area contributed by atoms with Crippen molar-refractivity contribution in [3.63, 3.8) is 0 Å². The number of aryl methyl sites for hydroxylation is 1. The lowest BCUT2D eigenvalue weighted by Gasteiger charge is -2.10. The Labute approximate surface area is 143 Å². The minimum atomic E-state index is -0.643. The van der Waals surface area contributed by atoms with E-state index >= 15 is 0 Å². The smallest absolute Gasteiger partial charge is 0.342 e. The van der Waals surface area contributed by atoms with Crippen molar-refractivity contribution < 1.29 is 19.1 Å². The molecular weight excluding hydrogens is 328 g/mol. The Morgan fingerprint density at radius 1 is 1.38 bits per heavy atom. The highest BCUT2D eigenvalue weighted by Crippen LogP contribution is 2.20. The summed E-state index contributed by atoms with van der Waals surface area (Å²) < 4.78 is 10.6. The molecule has 1 amide bonds. The minimum absolute atomic E-state index is 0.0864. The van der Waals surface area contributed by atoms with Crippen molar-refractivity contribution in [2.75, 3.05) is 13.2 Å². The van der Waals surface area contributed by atoms with E-state index < -0.39 is 18.5 Å². The first-order valence-electron chi connectivity index (χ1n) is 7.10. The van der Waals surface area contributed by atoms with Crippen LogP contribution in [0.2, 0.25) is 0 Å². The molecule has 0 aliphatic carbocycles. The molecule has 0 radical (unpaired) electrons. The SMILES string of the molecule is C#CCNC(=O)COC(=O)c1ccccc1OCc1csc(C)n1. The lowest BCUT2D eigenvalue weighted by Crippen LogP contribution is -2.29. The van der Waals surface area contributed by atoms with Gasteiger partial charge in [-0.3, -0.25) is 4.79 Å². The zero-order valence-corrected chi connectivity index (χ0v) is 13.9. The molecule has 1 heterocycles. The Hall–Kier alpha value is -2.85. The van der Waals surface area contributed by atoms with Crippen molar-refractivity contribution in [2.24, 2.45) is 0 Å². The number of para-hydroxylation sites is 1. The van der Waals surface area contributed by atoms with Crippen molar-refractivity contribution in [3.05, 3.63) is 45.9 Å². The summed E-state index contributed by atoms with van der Waals surface area (Å²) in [6.45, 7) is 1.84. The largest absolute Gasteiger partial charge is 0.486 e. The first kappa shape index (κ1) is 17.5. The molecule has 0 fully saturated rings. The van der Waals surface area contributed by atoms with Gasteiger partial charge < -0.3 is 14.8 Å². The topological polar surface area (TPSA) is 77.5 Å². The molecule has 0 spiro atoms. The molecule has 0 saturated heterocycles. The summed E-state index contributed by atoms with van der Waals surface area (Å²) >= 11 is 1.53. The zero-order valence-electron chi connectivity index (χ0n) is 13.1. The minimum Gasteiger partial charge on any atom is -0.486 e. The van der Waals surface area contributed by atoms with Gasteiger partial charge in [0.2, 0.25) is 0 Å². The van der Waals surface area contributed by atoms with Crippen LogP contribution in [0.5, 0.6) is 5.75 Å². The van der Waals surface area contributed by atoms with E-state index in [0.29, 0.717) is 5.75 Å². The third-order valence-corrected chi connectivity index (χ3v) is 3.69. The number of terminal acetylenes is 1. The molecule has 1 N–H and O–H groups in total. The molecule has 0 aliphatic heterocycles. The summed E-state index contributed by atoms with van der Waals surface area (Å²) in [7, 11) is 0. The van der Waals surface area contributed by atoms with Crippen LogP contribution in [0.25, 0.3) is 0 Å². The van der Waals surface area contributed by atoms with Crippen LogP contribution >= 0.6 is 11.3 Å². The summed E-state index contributed by atoms with van der Waals surface area (Å²) in [6.07, 6.45) is 5.03. The molecule has 0 atom stereocenters. The van der Waals surface area contributed by atoms with E-state index in [0.717, 1.165) is 10.7 Å². The van der Waals surface area contributed by atoms with E-state index in [1.54, 1.807) is 24.3 Å². The normalized spacial score (nSPS) is 9.83. The van der Waals surface area contributed by atoms with Crippen molar-refractivity contribution in [3.8, 4) is 18.1 Å². The predicted octanol–water partition coefficient (Wildman–Crippen LogP) is 1.94. The van der Waals surface area contributed by atoms with Crippen molar-refractivity contribution >= 4 is 23.2 Å². The molecule has 0 unspecified atom stereocenters. The van der Waals surface area contributed by atoms with Gasteiger partial charge in [-0.25, -0.2) is 9.78 Å². The monoisotopic (exact) mass is 344 g/mol. The van der Waals surface area contributed by atoms with Gasteiger partial charge in [0, 0.05) is 5.38 Å². The summed E-state index contributed by atoms with van der Waals surface area (Å²) in [4.78, 5) is 27.8. The standard InChI is InChI=1S/C17H16N2O4S/c1-3-8-18-16(20)10-23-17(21)14-6-4-5-7-15(14)22-9-13-11-24-12(2)19-13/h1,4-7,11H,8-10H2,2H3,(H,18,20). The Kier molecular flexibility index (Phi) is 6.34. The average molecular weight is 344 g/mol. The van der Waals surface area contributed by atoms with Crippen LogP contribution in [0.4, 0.5) is 0 Å². The van der Waals surface area contributed by atoms with E-state index in [1.165, 1.54) is 11.3 Å². The van der Waals surface area contributed by atoms with E-state index in [2.05, 4.69) is 16.2 Å². The highest BCUT2D eigenvalue weighted by atomic mass is 32.1. The number of aromatic nitrogens is 1. The molecule has 2 aromatic rings. The van der Waals surface area contributed by atoms with E-state index in [4.69, 9.17) is 15.9 Å². The summed E-state index contributed by atoms with van der Waals surface area (Å²) in [5, 5.41) is 5.25. The Morgan fingerprint density at radius 3 is 2.88 bits per heavy atom. The van der Waals surface area contributed by atoms with Gasteiger partial charge in [-0.05, 0) is 19.1 Å². The first-order valence-corrected chi connectivity index (χ1v) is 7.98. The van der Waals surface area contributed by atoms with Crippen molar-refractivity contribution in [2.45, 2.75) is 13.5 Å². The number of hydrogen-bond donors (Lipinski definition) is 1. The van der Waals surface area contributed by atoms with Crippen LogP contribution in [-0.4, -0.2) is 30.0 Å². The van der Waals surface area contributed by atoms with E-state index in [1.807, 2.05) is 12.3 Å². The van der Waals surface area contributed by atoms with Crippen LogP contribution in [0.3, 0.4) is 0 Å². The number of carbonyl (C=O) groups excluding carboxylic acids is 2. The molecule has 2 rings (SSSR count). The fourth-order valence-corrected chi connectivity index (χ4v) is 2.39. The number of benzene rings is 1. The highest BCUT2D eigenvalue weighted by molar-refractivity contribution is 7.09. The molecule has 0 aliphatic rings. The third kappa shape index (κ3) is 5.11. The van der Waals surface area contributed by atoms with E-state index in [-0.39, 0.29) is 18.7 Å². The second-order valence-corrected chi connectivity index (χ2v) is 5.76. The van der Waals surface area contributed by atoms with Gasteiger partial charge in [0.15, 0.2) is 6.61 Å². The highest BCUT2D eigenvalue weighted by Gasteiger charge is 2.15. The molecule has 24 heavy (non-hydrogen) atoms. The quantitative estimate of drug-likeness (QED) is 0.613. The average Bonchev–Trinajstić information content (AvgIpc) is 3.01. The van der Waals surface area contributed by atoms with Crippen molar-refractivity contribution in [1.82, 2.24) is 10.3 Å². The molecular formula is C17H16N2O4S. The zero-order chi connectivity index (χ0) is 17.4. The second-order valence-electron chi connectivity index (χ2n) is 4.70. The summed E-state index contributed by atoms with van der Waals surface area (Å²) in [6, 6.07) is 6.67. The number of hydrogen-bond acceptors (Lipinski definition) is 6. The van der Waals surface area contributed by atoms with Gasteiger partial charge in [-0.15, -0.1) is 17.8 Å². The fraction of sp³-hybridized carbons (Fsp3) is 0.235. The van der Waals surface area contributed by atoms with Gasteiger partial charge in [0.25, 0.3) is 5.91 Å². The second kappa shape index (κ2) is 8.70. The number of rotatable bonds is 7. The van der Waals surface area contributed by atoms with Gasteiger partial charge in [-0.2, -0.15) is 0 Å². The molecule has 1 aromatic heterocycles. The predicted molar refractivity (Wildman–Crippen MR) is 89.8 cm³/mol. The maximum absolute atomic E-state index is 12.1. The number of nitrogens with zero attached hydrogens (tertiary/aromatic N) is 1. The number of carbonyl (C=O) groups is 2. The van der Waals surface area contributed by atoms with Crippen LogP contribution in [0, 0.1) is 19.3 Å². The van der Waals surface area contributed by atoms with Crippen LogP contribution in [-0.2, 0) is 16.1 Å². The fourth-order valence-electron chi connectivity index (χ4n) is 1.80. The maximum atomic E-state index is 12.1. The number of thiazole rings is 1. The van der Waals surface area contributed by atoms with Crippen LogP contribution in [0.15, 0.2) is 29.6 Å². The van der Waals surface area contributed by atoms with Gasteiger partial charge >= 0.3 is 5.97 Å². The Bertz CT molecular complexity index is 764. The lowest BCUT2D eigenvalue weighted by atomic mass is 10.2. The number of ether oxygens (including phenoxy) is 2. The maximum Gasteiger partial charge on any atom is 0.342 e.